The molecule has 1 amide bonds. The van der Waals surface area contributed by atoms with Crippen LogP contribution in [0.1, 0.15) is 6.92 Å². The Balaban J connectivity index is 1.62. The normalized spacial score (nSPS) is 14.6. The maximum atomic E-state index is 11.9. The lowest BCUT2D eigenvalue weighted by molar-refractivity contribution is 0.105. The van der Waals surface area contributed by atoms with Gasteiger partial charge < -0.3 is 14.5 Å². The summed E-state index contributed by atoms with van der Waals surface area (Å²) >= 11 is 7.80. The number of hydrogen-bond acceptors (Lipinski definition) is 6. The van der Waals surface area contributed by atoms with E-state index in [9.17, 15) is 4.79 Å². The first-order valence-corrected chi connectivity index (χ1v) is 10.0. The number of fused-ring (bicyclic) bond motifs is 1. The molecule has 4 rings (SSSR count). The van der Waals surface area contributed by atoms with Gasteiger partial charge in [0.1, 0.15) is 10.6 Å². The van der Waals surface area contributed by atoms with Gasteiger partial charge in [-0.05, 0) is 30.2 Å². The zero-order chi connectivity index (χ0) is 18.8. The third-order valence-corrected chi connectivity index (χ3v) is 5.76. The standard InChI is InChI=1S/C19H19ClN4O2S/c1-2-26-19(25)24-10-8-23(9-11-24)16-14-12-15(13-6-4-3-5-7-13)27-17(14)22-18(20)21-16/h3-7,12H,2,8-11H2,1H3. The topological polar surface area (TPSA) is 58.6 Å². The number of piperazine rings is 1. The van der Waals surface area contributed by atoms with E-state index in [1.54, 1.807) is 16.2 Å². The summed E-state index contributed by atoms with van der Waals surface area (Å²) < 4.78 is 5.09. The summed E-state index contributed by atoms with van der Waals surface area (Å²) in [5.41, 5.74) is 1.15. The highest BCUT2D eigenvalue weighted by Crippen LogP contribution is 2.37. The van der Waals surface area contributed by atoms with E-state index in [0.717, 1.165) is 26.5 Å². The molecule has 1 saturated heterocycles. The third kappa shape index (κ3) is 3.70. The molecule has 0 unspecified atom stereocenters. The number of hydrogen-bond donors (Lipinski definition) is 0. The average molecular weight is 403 g/mol. The maximum Gasteiger partial charge on any atom is 0.409 e. The molecule has 140 valence electrons. The van der Waals surface area contributed by atoms with Gasteiger partial charge in [0, 0.05) is 31.1 Å². The van der Waals surface area contributed by atoms with Gasteiger partial charge in [0.2, 0.25) is 5.28 Å². The van der Waals surface area contributed by atoms with E-state index < -0.39 is 0 Å². The van der Waals surface area contributed by atoms with Gasteiger partial charge in [0.15, 0.2) is 0 Å². The molecule has 27 heavy (non-hydrogen) atoms. The van der Waals surface area contributed by atoms with Crippen molar-refractivity contribution in [3.63, 3.8) is 0 Å². The summed E-state index contributed by atoms with van der Waals surface area (Å²) in [6.45, 7) is 4.75. The Morgan fingerprint density at radius 3 is 2.63 bits per heavy atom. The van der Waals surface area contributed by atoms with E-state index >= 15 is 0 Å². The first kappa shape index (κ1) is 18.0. The molecule has 1 aliphatic rings. The minimum Gasteiger partial charge on any atom is -0.450 e. The van der Waals surface area contributed by atoms with Crippen LogP contribution in [0, 0.1) is 0 Å². The highest BCUT2D eigenvalue weighted by Gasteiger charge is 2.25. The first-order chi connectivity index (χ1) is 13.2. The molecule has 0 N–H and O–H groups in total. The number of thiophene rings is 1. The van der Waals surface area contributed by atoms with E-state index in [4.69, 9.17) is 16.3 Å². The van der Waals surface area contributed by atoms with Gasteiger partial charge in [-0.15, -0.1) is 11.3 Å². The zero-order valence-electron chi connectivity index (χ0n) is 14.9. The van der Waals surface area contributed by atoms with Crippen molar-refractivity contribution in [2.24, 2.45) is 0 Å². The Kier molecular flexibility index (Phi) is 5.13. The fraction of sp³-hybridized carbons (Fsp3) is 0.316. The van der Waals surface area contributed by atoms with Gasteiger partial charge in [0.25, 0.3) is 0 Å². The second kappa shape index (κ2) is 7.70. The van der Waals surface area contributed by atoms with E-state index in [0.29, 0.717) is 32.8 Å². The molecule has 1 aromatic carbocycles. The fourth-order valence-electron chi connectivity index (χ4n) is 3.18. The lowest BCUT2D eigenvalue weighted by atomic mass is 10.2. The van der Waals surface area contributed by atoms with Crippen LogP contribution in [-0.4, -0.2) is 53.7 Å². The second-order valence-corrected chi connectivity index (χ2v) is 7.55. The molecule has 3 heterocycles. The van der Waals surface area contributed by atoms with Gasteiger partial charge in [-0.1, -0.05) is 30.3 Å². The van der Waals surface area contributed by atoms with Crippen LogP contribution in [0.2, 0.25) is 5.28 Å². The zero-order valence-corrected chi connectivity index (χ0v) is 16.5. The molecule has 3 aromatic rings. The number of nitrogens with zero attached hydrogens (tertiary/aromatic N) is 4. The lowest BCUT2D eigenvalue weighted by Gasteiger charge is -2.34. The summed E-state index contributed by atoms with van der Waals surface area (Å²) in [5.74, 6) is 0.826. The molecule has 0 radical (unpaired) electrons. The van der Waals surface area contributed by atoms with Crippen LogP contribution in [-0.2, 0) is 4.74 Å². The Labute approximate surface area is 166 Å². The van der Waals surface area contributed by atoms with E-state index in [1.165, 1.54) is 0 Å². The number of aromatic nitrogens is 2. The van der Waals surface area contributed by atoms with Crippen molar-refractivity contribution in [3.8, 4) is 10.4 Å². The van der Waals surface area contributed by atoms with Crippen LogP contribution < -0.4 is 4.90 Å². The van der Waals surface area contributed by atoms with E-state index in [2.05, 4.69) is 33.1 Å². The number of anilines is 1. The third-order valence-electron chi connectivity index (χ3n) is 4.51. The van der Waals surface area contributed by atoms with Crippen molar-refractivity contribution in [2.75, 3.05) is 37.7 Å². The van der Waals surface area contributed by atoms with Crippen LogP contribution in [0.15, 0.2) is 36.4 Å². The van der Waals surface area contributed by atoms with Crippen molar-refractivity contribution < 1.29 is 9.53 Å². The highest BCUT2D eigenvalue weighted by atomic mass is 35.5. The average Bonchev–Trinajstić information content (AvgIpc) is 3.12. The monoisotopic (exact) mass is 402 g/mol. The Morgan fingerprint density at radius 1 is 1.19 bits per heavy atom. The Bertz CT molecular complexity index is 955. The summed E-state index contributed by atoms with van der Waals surface area (Å²) in [4.78, 5) is 26.7. The van der Waals surface area contributed by atoms with Crippen LogP contribution in [0.3, 0.4) is 0 Å². The number of carbonyl (C=O) groups is 1. The Morgan fingerprint density at radius 2 is 1.93 bits per heavy atom. The first-order valence-electron chi connectivity index (χ1n) is 8.85. The molecule has 1 aliphatic heterocycles. The number of ether oxygens (including phenoxy) is 1. The van der Waals surface area contributed by atoms with E-state index in [1.807, 2.05) is 25.1 Å². The smallest absolute Gasteiger partial charge is 0.409 e. The molecule has 0 aliphatic carbocycles. The summed E-state index contributed by atoms with van der Waals surface area (Å²) in [6.07, 6.45) is -0.259. The molecule has 2 aromatic heterocycles. The second-order valence-electron chi connectivity index (χ2n) is 6.18. The molecule has 0 spiro atoms. The van der Waals surface area contributed by atoms with Gasteiger partial charge >= 0.3 is 6.09 Å². The van der Waals surface area contributed by atoms with Crippen molar-refractivity contribution in [1.82, 2.24) is 14.9 Å². The molecule has 6 nitrogen and oxygen atoms in total. The molecule has 1 fully saturated rings. The van der Waals surface area contributed by atoms with Crippen molar-refractivity contribution in [2.45, 2.75) is 6.92 Å². The molecule has 0 saturated carbocycles. The number of benzene rings is 1. The largest absolute Gasteiger partial charge is 0.450 e. The predicted molar refractivity (Wildman–Crippen MR) is 109 cm³/mol. The van der Waals surface area contributed by atoms with Gasteiger partial charge in [0.05, 0.1) is 12.0 Å². The minimum atomic E-state index is -0.259. The summed E-state index contributed by atoms with van der Waals surface area (Å²) in [7, 11) is 0. The Hall–Kier alpha value is -2.38. The van der Waals surface area contributed by atoms with Crippen LogP contribution in [0.25, 0.3) is 20.7 Å². The van der Waals surface area contributed by atoms with Crippen molar-refractivity contribution in [1.29, 1.82) is 0 Å². The molecule has 0 atom stereocenters. The summed E-state index contributed by atoms with van der Waals surface area (Å²) in [6, 6.07) is 12.3. The quantitative estimate of drug-likeness (QED) is 0.611. The predicted octanol–water partition coefficient (Wildman–Crippen LogP) is 4.29. The molecular weight excluding hydrogens is 384 g/mol. The minimum absolute atomic E-state index is 0.242. The van der Waals surface area contributed by atoms with Gasteiger partial charge in [-0.2, -0.15) is 4.98 Å². The number of amides is 1. The van der Waals surface area contributed by atoms with Crippen molar-refractivity contribution in [3.05, 3.63) is 41.7 Å². The van der Waals surface area contributed by atoms with Crippen LogP contribution in [0.5, 0.6) is 0 Å². The lowest BCUT2D eigenvalue weighted by Crippen LogP contribution is -2.49. The molecule has 8 heteroatoms. The number of halogens is 1. The van der Waals surface area contributed by atoms with Crippen molar-refractivity contribution >= 4 is 45.1 Å². The SMILES string of the molecule is CCOC(=O)N1CCN(c2nc(Cl)nc3sc(-c4ccccc4)cc23)CC1. The molecule has 0 bridgehead atoms. The molecular formula is C19H19ClN4O2S. The highest BCUT2D eigenvalue weighted by molar-refractivity contribution is 7.22. The van der Waals surface area contributed by atoms with Gasteiger partial charge in [-0.25, -0.2) is 9.78 Å². The van der Waals surface area contributed by atoms with Gasteiger partial charge in [-0.3, -0.25) is 0 Å². The summed E-state index contributed by atoms with van der Waals surface area (Å²) in [5, 5.41) is 1.24. The van der Waals surface area contributed by atoms with Crippen LogP contribution >= 0.6 is 22.9 Å². The van der Waals surface area contributed by atoms with Crippen LogP contribution in [0.4, 0.5) is 10.6 Å². The number of carbonyl (C=O) groups excluding carboxylic acids is 1. The number of rotatable bonds is 3. The maximum absolute atomic E-state index is 11.9. The fourth-order valence-corrected chi connectivity index (χ4v) is 4.43. The van der Waals surface area contributed by atoms with E-state index in [-0.39, 0.29) is 11.4 Å².